The summed E-state index contributed by atoms with van der Waals surface area (Å²) in [5, 5.41) is 4.04. The second-order valence-electron chi connectivity index (χ2n) is 8.16. The van der Waals surface area contributed by atoms with E-state index in [1.165, 1.54) is 6.07 Å². The number of pyridine rings is 1. The van der Waals surface area contributed by atoms with Gasteiger partial charge in [0.05, 0.1) is 18.3 Å². The molecule has 3 heterocycles. The van der Waals surface area contributed by atoms with Gasteiger partial charge in [0.15, 0.2) is 5.11 Å². The van der Waals surface area contributed by atoms with Crippen molar-refractivity contribution < 1.29 is 9.13 Å². The summed E-state index contributed by atoms with van der Waals surface area (Å²) in [5.74, 6) is 0.593. The molecule has 0 radical (unpaired) electrons. The quantitative estimate of drug-likeness (QED) is 0.354. The average Bonchev–Trinajstić information content (AvgIpc) is 3.46. The lowest BCUT2D eigenvalue weighted by molar-refractivity contribution is 0.340. The number of hydrogen-bond acceptors (Lipinski definition) is 3. The van der Waals surface area contributed by atoms with Crippen LogP contribution >= 0.6 is 12.2 Å². The van der Waals surface area contributed by atoms with Gasteiger partial charge >= 0.3 is 0 Å². The minimum atomic E-state index is -0.239. The van der Waals surface area contributed by atoms with Gasteiger partial charge in [0.25, 0.3) is 0 Å². The molecule has 172 valence electrons. The van der Waals surface area contributed by atoms with Crippen molar-refractivity contribution in [3.05, 3.63) is 108 Å². The molecule has 5 rings (SSSR count). The van der Waals surface area contributed by atoms with Crippen molar-refractivity contribution in [2.75, 3.05) is 11.5 Å². The van der Waals surface area contributed by atoms with E-state index in [1.807, 2.05) is 67.7 Å². The van der Waals surface area contributed by atoms with Crippen LogP contribution in [0.4, 0.5) is 10.1 Å². The molecule has 7 heteroatoms. The molecular formula is C27H25FN4OS. The summed E-state index contributed by atoms with van der Waals surface area (Å²) in [5.41, 5.74) is 4.34. The molecule has 1 aliphatic heterocycles. The lowest BCUT2D eigenvalue weighted by Gasteiger charge is -2.29. The Morgan fingerprint density at radius 3 is 2.53 bits per heavy atom. The summed E-state index contributed by atoms with van der Waals surface area (Å²) in [6.45, 7) is 4.35. The van der Waals surface area contributed by atoms with Gasteiger partial charge in [-0.25, -0.2) is 4.39 Å². The molecule has 0 unspecified atom stereocenters. The molecule has 0 aliphatic carbocycles. The fourth-order valence-corrected chi connectivity index (χ4v) is 4.80. The molecule has 0 bridgehead atoms. The maximum Gasteiger partial charge on any atom is 0.174 e. The minimum Gasteiger partial charge on any atom is -0.494 e. The van der Waals surface area contributed by atoms with Crippen LogP contribution in [-0.4, -0.2) is 21.3 Å². The Kier molecular flexibility index (Phi) is 6.02. The summed E-state index contributed by atoms with van der Waals surface area (Å²) in [6.07, 6.45) is 3.82. The van der Waals surface area contributed by atoms with E-state index >= 15 is 0 Å². The number of nitrogens with zero attached hydrogens (tertiary/aromatic N) is 3. The van der Waals surface area contributed by atoms with Crippen molar-refractivity contribution in [2.45, 2.75) is 25.9 Å². The number of rotatable bonds is 6. The average molecular weight is 473 g/mol. The zero-order chi connectivity index (χ0) is 23.7. The third kappa shape index (κ3) is 4.03. The van der Waals surface area contributed by atoms with E-state index in [1.54, 1.807) is 19.2 Å². The Labute approximate surface area is 203 Å². The molecule has 1 aliphatic rings. The maximum absolute atomic E-state index is 14.1. The smallest absolute Gasteiger partial charge is 0.174 e. The molecule has 1 saturated heterocycles. The Bertz CT molecular complexity index is 1310. The summed E-state index contributed by atoms with van der Waals surface area (Å²) < 4.78 is 21.8. The van der Waals surface area contributed by atoms with Crippen LogP contribution in [0.3, 0.4) is 0 Å². The summed E-state index contributed by atoms with van der Waals surface area (Å²) in [7, 11) is 0. The van der Waals surface area contributed by atoms with Crippen LogP contribution in [0, 0.1) is 12.7 Å². The van der Waals surface area contributed by atoms with Crippen LogP contribution in [0.5, 0.6) is 5.75 Å². The number of benzene rings is 2. The standard InChI is InChI=1S/C27H25FN4OS/c1-3-33-21-12-9-19(10-13-21)31-16-6-8-24(31)26-25(23-7-4-5-15-29-23)30-27(34)32(26)20-11-14-22(28)18(2)17-20/h4-17,25-26H,3H2,1-2H3,(H,30,34)/t25-,26+/m0/s1. The Morgan fingerprint density at radius 1 is 1.03 bits per heavy atom. The predicted octanol–water partition coefficient (Wildman–Crippen LogP) is 5.90. The second-order valence-corrected chi connectivity index (χ2v) is 8.55. The molecule has 1 N–H and O–H groups in total. The first-order chi connectivity index (χ1) is 16.6. The van der Waals surface area contributed by atoms with Gasteiger partial charge in [0.1, 0.15) is 17.6 Å². The van der Waals surface area contributed by atoms with Crippen LogP contribution < -0.4 is 15.0 Å². The van der Waals surface area contributed by atoms with Crippen molar-refractivity contribution in [1.29, 1.82) is 0 Å². The molecule has 2 aromatic carbocycles. The largest absolute Gasteiger partial charge is 0.494 e. The first-order valence-electron chi connectivity index (χ1n) is 11.2. The fraction of sp³-hybridized carbons (Fsp3) is 0.185. The first-order valence-corrected chi connectivity index (χ1v) is 11.6. The van der Waals surface area contributed by atoms with E-state index in [0.29, 0.717) is 17.3 Å². The van der Waals surface area contributed by atoms with E-state index in [0.717, 1.165) is 28.5 Å². The highest BCUT2D eigenvalue weighted by atomic mass is 32.1. The lowest BCUT2D eigenvalue weighted by Crippen LogP contribution is -2.30. The van der Waals surface area contributed by atoms with Crippen molar-refractivity contribution in [3.63, 3.8) is 0 Å². The molecule has 2 atom stereocenters. The third-order valence-electron chi connectivity index (χ3n) is 6.03. The molecule has 1 fully saturated rings. The molecular weight excluding hydrogens is 447 g/mol. The van der Waals surface area contributed by atoms with E-state index in [-0.39, 0.29) is 17.9 Å². The van der Waals surface area contributed by atoms with Crippen LogP contribution in [0.1, 0.15) is 36.0 Å². The Morgan fingerprint density at radius 2 is 1.82 bits per heavy atom. The van der Waals surface area contributed by atoms with Gasteiger partial charge in [0.2, 0.25) is 0 Å². The van der Waals surface area contributed by atoms with Crippen LogP contribution in [0.2, 0.25) is 0 Å². The number of aryl methyl sites for hydroxylation is 1. The van der Waals surface area contributed by atoms with E-state index in [4.69, 9.17) is 17.0 Å². The van der Waals surface area contributed by atoms with E-state index in [9.17, 15) is 4.39 Å². The highest BCUT2D eigenvalue weighted by molar-refractivity contribution is 7.80. The van der Waals surface area contributed by atoms with Gasteiger partial charge in [-0.3, -0.25) is 4.98 Å². The van der Waals surface area contributed by atoms with Gasteiger partial charge in [-0.2, -0.15) is 0 Å². The van der Waals surface area contributed by atoms with Crippen molar-refractivity contribution in [2.24, 2.45) is 0 Å². The summed E-state index contributed by atoms with van der Waals surface area (Å²) in [6, 6.07) is 22.7. The SMILES string of the molecule is CCOc1ccc(-n2cccc2[C@@H]2[C@H](c3ccccn3)NC(=S)N2c2ccc(F)c(C)c2)cc1. The van der Waals surface area contributed by atoms with Gasteiger partial charge in [-0.1, -0.05) is 6.07 Å². The molecule has 0 saturated carbocycles. The number of ether oxygens (including phenoxy) is 1. The second kappa shape index (κ2) is 9.27. The number of nitrogens with one attached hydrogen (secondary N) is 1. The number of aromatic nitrogens is 2. The number of halogens is 1. The van der Waals surface area contributed by atoms with Crippen LogP contribution in [0.15, 0.2) is 85.2 Å². The monoisotopic (exact) mass is 472 g/mol. The molecule has 2 aromatic heterocycles. The van der Waals surface area contributed by atoms with E-state index < -0.39 is 0 Å². The molecule has 0 spiro atoms. The highest BCUT2D eigenvalue weighted by Crippen LogP contribution is 2.42. The van der Waals surface area contributed by atoms with Crippen molar-refractivity contribution in [3.8, 4) is 11.4 Å². The molecule has 4 aromatic rings. The number of hydrogen-bond donors (Lipinski definition) is 1. The topological polar surface area (TPSA) is 42.3 Å². The zero-order valence-corrected chi connectivity index (χ0v) is 19.8. The zero-order valence-electron chi connectivity index (χ0n) is 19.0. The van der Waals surface area contributed by atoms with E-state index in [2.05, 4.69) is 25.8 Å². The van der Waals surface area contributed by atoms with Crippen molar-refractivity contribution >= 4 is 23.0 Å². The maximum atomic E-state index is 14.1. The molecule has 0 amide bonds. The van der Waals surface area contributed by atoms with Gasteiger partial charge in [-0.05, 0) is 98.4 Å². The third-order valence-corrected chi connectivity index (χ3v) is 6.34. The minimum absolute atomic E-state index is 0.185. The van der Waals surface area contributed by atoms with Crippen LogP contribution in [-0.2, 0) is 0 Å². The molecule has 34 heavy (non-hydrogen) atoms. The fourth-order valence-electron chi connectivity index (χ4n) is 4.45. The Hall–Kier alpha value is -3.71. The molecule has 5 nitrogen and oxygen atoms in total. The highest BCUT2D eigenvalue weighted by Gasteiger charge is 2.42. The normalized spacial score (nSPS) is 17.6. The van der Waals surface area contributed by atoms with Crippen molar-refractivity contribution in [1.82, 2.24) is 14.9 Å². The van der Waals surface area contributed by atoms with Gasteiger partial charge in [0, 0.05) is 29.5 Å². The first kappa shape index (κ1) is 22.1. The lowest BCUT2D eigenvalue weighted by atomic mass is 10.0. The Balaban J connectivity index is 1.62. The van der Waals surface area contributed by atoms with Crippen LogP contribution in [0.25, 0.3) is 5.69 Å². The summed E-state index contributed by atoms with van der Waals surface area (Å²) in [4.78, 5) is 6.67. The predicted molar refractivity (Wildman–Crippen MR) is 136 cm³/mol. The van der Waals surface area contributed by atoms with Gasteiger partial charge in [-0.15, -0.1) is 0 Å². The number of anilines is 1. The van der Waals surface area contributed by atoms with Gasteiger partial charge < -0.3 is 19.5 Å². The summed E-state index contributed by atoms with van der Waals surface area (Å²) >= 11 is 5.80. The number of thiocarbonyl (C=S) groups is 1.